The normalized spacial score (nSPS) is 11.3. The van der Waals surface area contributed by atoms with Gasteiger partial charge in [0, 0.05) is 24.6 Å². The summed E-state index contributed by atoms with van der Waals surface area (Å²) in [6.07, 6.45) is 0. The third-order valence-corrected chi connectivity index (χ3v) is 2.74. The van der Waals surface area contributed by atoms with Crippen LogP contribution in [0.2, 0.25) is 0 Å². The maximum absolute atomic E-state index is 13.6. The van der Waals surface area contributed by atoms with Gasteiger partial charge in [-0.05, 0) is 12.1 Å². The van der Waals surface area contributed by atoms with Gasteiger partial charge in [-0.25, -0.2) is 13.8 Å². The molecule has 1 N–H and O–H groups in total. The summed E-state index contributed by atoms with van der Waals surface area (Å²) in [5.41, 5.74) is -0.285. The molecule has 4 nitrogen and oxygen atoms in total. The molecule has 0 aliphatic rings. The second-order valence-electron chi connectivity index (χ2n) is 5.59. The number of nitrogens with zero attached hydrogens (tertiary/aromatic N) is 2. The summed E-state index contributed by atoms with van der Waals surface area (Å²) in [5, 5.41) is 2.90. The molecule has 0 unspecified atom stereocenters. The Hall–Kier alpha value is -2.24. The van der Waals surface area contributed by atoms with Gasteiger partial charge in [0.15, 0.2) is 11.6 Å². The molecular weight excluding hydrogens is 276 g/mol. The van der Waals surface area contributed by atoms with Crippen LogP contribution in [0.3, 0.4) is 0 Å². The maximum Gasteiger partial charge on any atom is 0.224 e. The van der Waals surface area contributed by atoms with E-state index < -0.39 is 11.6 Å². The van der Waals surface area contributed by atoms with Crippen molar-refractivity contribution in [2.24, 2.45) is 0 Å². The fourth-order valence-corrected chi connectivity index (χ4v) is 1.61. The van der Waals surface area contributed by atoms with E-state index in [0.29, 0.717) is 11.6 Å². The number of rotatable bonds is 3. The van der Waals surface area contributed by atoms with Gasteiger partial charge in [0.25, 0.3) is 0 Å². The zero-order valence-electron chi connectivity index (χ0n) is 12.4. The molecule has 2 rings (SSSR count). The van der Waals surface area contributed by atoms with Crippen molar-refractivity contribution in [1.82, 2.24) is 9.97 Å². The molecule has 1 aromatic carbocycles. The molecule has 0 bridgehead atoms. The Morgan fingerprint density at radius 1 is 1.10 bits per heavy atom. The SMILES string of the molecule is CNc1cc(Oc2ccc(F)cc2F)nc(C(C)(C)C)n1. The molecule has 0 spiro atoms. The molecular formula is C15H17F2N3O. The maximum atomic E-state index is 13.6. The van der Waals surface area contributed by atoms with Gasteiger partial charge in [0.2, 0.25) is 5.88 Å². The summed E-state index contributed by atoms with van der Waals surface area (Å²) >= 11 is 0. The molecule has 0 aliphatic heterocycles. The van der Waals surface area contributed by atoms with Crippen molar-refractivity contribution >= 4 is 5.82 Å². The summed E-state index contributed by atoms with van der Waals surface area (Å²) in [6, 6.07) is 4.67. The van der Waals surface area contributed by atoms with Gasteiger partial charge in [-0.2, -0.15) is 4.98 Å². The van der Waals surface area contributed by atoms with E-state index in [2.05, 4.69) is 15.3 Å². The number of hydrogen-bond acceptors (Lipinski definition) is 4. The summed E-state index contributed by atoms with van der Waals surface area (Å²) in [5.74, 6) is -0.202. The minimum absolute atomic E-state index is 0.0861. The van der Waals surface area contributed by atoms with E-state index in [1.54, 1.807) is 13.1 Å². The monoisotopic (exact) mass is 293 g/mol. The van der Waals surface area contributed by atoms with Crippen molar-refractivity contribution in [3.63, 3.8) is 0 Å². The molecule has 21 heavy (non-hydrogen) atoms. The van der Waals surface area contributed by atoms with E-state index in [1.807, 2.05) is 20.8 Å². The van der Waals surface area contributed by atoms with Gasteiger partial charge in [0.05, 0.1) is 0 Å². The third-order valence-electron chi connectivity index (χ3n) is 2.74. The largest absolute Gasteiger partial charge is 0.436 e. The zero-order valence-corrected chi connectivity index (χ0v) is 12.4. The van der Waals surface area contributed by atoms with Gasteiger partial charge in [-0.1, -0.05) is 20.8 Å². The van der Waals surface area contributed by atoms with Crippen molar-refractivity contribution in [2.75, 3.05) is 12.4 Å². The van der Waals surface area contributed by atoms with Gasteiger partial charge in [-0.15, -0.1) is 0 Å². The van der Waals surface area contributed by atoms with Gasteiger partial charge in [0.1, 0.15) is 17.5 Å². The Labute approximate surface area is 122 Å². The highest BCUT2D eigenvalue weighted by Gasteiger charge is 2.20. The number of anilines is 1. The Morgan fingerprint density at radius 2 is 1.81 bits per heavy atom. The third kappa shape index (κ3) is 3.65. The van der Waals surface area contributed by atoms with E-state index in [9.17, 15) is 8.78 Å². The molecule has 6 heteroatoms. The molecule has 1 heterocycles. The van der Waals surface area contributed by atoms with Crippen LogP contribution in [0.15, 0.2) is 24.3 Å². The average molecular weight is 293 g/mol. The number of ether oxygens (including phenoxy) is 1. The molecule has 0 amide bonds. The van der Waals surface area contributed by atoms with E-state index in [0.717, 1.165) is 12.1 Å². The molecule has 0 atom stereocenters. The predicted molar refractivity (Wildman–Crippen MR) is 76.7 cm³/mol. The first-order valence-electron chi connectivity index (χ1n) is 6.50. The summed E-state index contributed by atoms with van der Waals surface area (Å²) in [7, 11) is 1.72. The summed E-state index contributed by atoms with van der Waals surface area (Å²) in [4.78, 5) is 8.62. The van der Waals surface area contributed by atoms with E-state index in [-0.39, 0.29) is 17.0 Å². The first-order valence-corrected chi connectivity index (χ1v) is 6.50. The Morgan fingerprint density at radius 3 is 2.38 bits per heavy atom. The van der Waals surface area contributed by atoms with Crippen LogP contribution in [0.25, 0.3) is 0 Å². The van der Waals surface area contributed by atoms with Crippen LogP contribution in [-0.2, 0) is 5.41 Å². The smallest absolute Gasteiger partial charge is 0.224 e. The van der Waals surface area contributed by atoms with Crippen LogP contribution in [0.4, 0.5) is 14.6 Å². The Bertz CT molecular complexity index is 654. The molecule has 0 fully saturated rings. The fourth-order valence-electron chi connectivity index (χ4n) is 1.61. The minimum atomic E-state index is -0.781. The van der Waals surface area contributed by atoms with Crippen LogP contribution < -0.4 is 10.1 Å². The predicted octanol–water partition coefficient (Wildman–Crippen LogP) is 3.89. The van der Waals surface area contributed by atoms with Crippen LogP contribution in [0.1, 0.15) is 26.6 Å². The first kappa shape index (κ1) is 15.2. The molecule has 112 valence electrons. The number of aromatic nitrogens is 2. The zero-order chi connectivity index (χ0) is 15.6. The lowest BCUT2D eigenvalue weighted by atomic mass is 9.96. The number of nitrogens with one attached hydrogen (secondary N) is 1. The van der Waals surface area contributed by atoms with Gasteiger partial charge < -0.3 is 10.1 Å². The standard InChI is InChI=1S/C15H17F2N3O/c1-15(2,3)14-19-12(18-4)8-13(20-14)21-11-6-5-9(16)7-10(11)17/h5-8H,1-4H3,(H,18,19,20). The highest BCUT2D eigenvalue weighted by Crippen LogP contribution is 2.28. The highest BCUT2D eigenvalue weighted by atomic mass is 19.1. The van der Waals surface area contributed by atoms with Crippen molar-refractivity contribution in [3.8, 4) is 11.6 Å². The Balaban J connectivity index is 2.39. The number of hydrogen-bond donors (Lipinski definition) is 1. The number of benzene rings is 1. The fraction of sp³-hybridized carbons (Fsp3) is 0.333. The van der Waals surface area contributed by atoms with Crippen molar-refractivity contribution in [2.45, 2.75) is 26.2 Å². The Kier molecular flexibility index (Phi) is 4.06. The summed E-state index contributed by atoms with van der Waals surface area (Å²) in [6.45, 7) is 5.89. The molecule has 0 aliphatic carbocycles. The number of halogens is 2. The van der Waals surface area contributed by atoms with Crippen LogP contribution in [0, 0.1) is 11.6 Å². The van der Waals surface area contributed by atoms with Crippen molar-refractivity contribution in [1.29, 1.82) is 0 Å². The highest BCUT2D eigenvalue weighted by molar-refractivity contribution is 5.40. The van der Waals surface area contributed by atoms with E-state index in [4.69, 9.17) is 4.74 Å². The second-order valence-corrected chi connectivity index (χ2v) is 5.59. The van der Waals surface area contributed by atoms with Gasteiger partial charge in [-0.3, -0.25) is 0 Å². The molecule has 0 saturated heterocycles. The minimum Gasteiger partial charge on any atom is -0.436 e. The second kappa shape index (κ2) is 5.63. The lowest BCUT2D eigenvalue weighted by Gasteiger charge is -2.18. The van der Waals surface area contributed by atoms with E-state index in [1.165, 1.54) is 6.07 Å². The topological polar surface area (TPSA) is 47.0 Å². The van der Waals surface area contributed by atoms with Crippen LogP contribution >= 0.6 is 0 Å². The van der Waals surface area contributed by atoms with Crippen LogP contribution in [-0.4, -0.2) is 17.0 Å². The van der Waals surface area contributed by atoms with Crippen LogP contribution in [0.5, 0.6) is 11.6 Å². The molecule has 1 aromatic heterocycles. The lowest BCUT2D eigenvalue weighted by molar-refractivity contribution is 0.414. The molecule has 0 radical (unpaired) electrons. The molecule has 0 saturated carbocycles. The van der Waals surface area contributed by atoms with Crippen molar-refractivity contribution in [3.05, 3.63) is 41.7 Å². The van der Waals surface area contributed by atoms with Crippen molar-refractivity contribution < 1.29 is 13.5 Å². The average Bonchev–Trinajstić information content (AvgIpc) is 2.40. The lowest BCUT2D eigenvalue weighted by Crippen LogP contribution is -2.17. The molecule has 2 aromatic rings. The van der Waals surface area contributed by atoms with E-state index >= 15 is 0 Å². The van der Waals surface area contributed by atoms with Gasteiger partial charge >= 0.3 is 0 Å². The first-order chi connectivity index (χ1) is 9.79. The summed E-state index contributed by atoms with van der Waals surface area (Å²) < 4.78 is 31.9. The quantitative estimate of drug-likeness (QED) is 0.932.